The van der Waals surface area contributed by atoms with E-state index in [0.29, 0.717) is 31.9 Å². The third kappa shape index (κ3) is 7.11. The summed E-state index contributed by atoms with van der Waals surface area (Å²) in [5.74, 6) is 0.679. The zero-order chi connectivity index (χ0) is 22.5. The van der Waals surface area contributed by atoms with Gasteiger partial charge in [0.05, 0.1) is 12.1 Å². The first-order valence-corrected chi connectivity index (χ1v) is 10.1. The summed E-state index contributed by atoms with van der Waals surface area (Å²) < 4.78 is 46.4. The largest absolute Gasteiger partial charge is 0.488 e. The molecule has 1 unspecified atom stereocenters. The molecule has 1 atom stereocenters. The molecule has 30 heavy (non-hydrogen) atoms. The molecule has 1 saturated heterocycles. The molecule has 2 rings (SSSR count). The highest BCUT2D eigenvalue weighted by Crippen LogP contribution is 2.35. The van der Waals surface area contributed by atoms with Crippen molar-refractivity contribution >= 4 is 11.9 Å². The zero-order valence-electron chi connectivity index (χ0n) is 18.2. The number of aliphatic imine (C=N–C) groups is 1. The highest BCUT2D eigenvalue weighted by molar-refractivity contribution is 5.81. The summed E-state index contributed by atoms with van der Waals surface area (Å²) in [5, 5.41) is 6.27. The van der Waals surface area contributed by atoms with Crippen LogP contribution in [0.15, 0.2) is 23.2 Å². The molecule has 0 aliphatic carbocycles. The van der Waals surface area contributed by atoms with Crippen molar-refractivity contribution in [3.63, 3.8) is 0 Å². The molecule has 0 saturated carbocycles. The minimum atomic E-state index is -4.51. The molecule has 0 aromatic heterocycles. The number of carbonyl (C=O) groups is 1. The number of carbonyl (C=O) groups excluding carboxylic acids is 1. The van der Waals surface area contributed by atoms with Crippen LogP contribution in [0.4, 0.5) is 13.2 Å². The zero-order valence-corrected chi connectivity index (χ0v) is 18.2. The van der Waals surface area contributed by atoms with E-state index in [0.717, 1.165) is 6.07 Å². The quantitative estimate of drug-likeness (QED) is 0.556. The van der Waals surface area contributed by atoms with Crippen molar-refractivity contribution in [1.82, 2.24) is 15.5 Å². The number of nitrogens with one attached hydrogen (secondary N) is 2. The minimum absolute atomic E-state index is 0.00449. The summed E-state index contributed by atoms with van der Waals surface area (Å²) in [6.07, 6.45) is -3.43. The van der Waals surface area contributed by atoms with Gasteiger partial charge >= 0.3 is 6.18 Å². The lowest BCUT2D eigenvalue weighted by atomic mass is 10.1. The lowest BCUT2D eigenvalue weighted by Crippen LogP contribution is -2.51. The molecule has 1 aromatic carbocycles. The van der Waals surface area contributed by atoms with E-state index in [1.54, 1.807) is 32.7 Å². The van der Waals surface area contributed by atoms with Gasteiger partial charge in [0.15, 0.2) is 5.96 Å². The number of halogens is 3. The second kappa shape index (κ2) is 9.57. The van der Waals surface area contributed by atoms with Crippen LogP contribution in [0.5, 0.6) is 5.75 Å². The fourth-order valence-electron chi connectivity index (χ4n) is 3.18. The van der Waals surface area contributed by atoms with Gasteiger partial charge in [-0.25, -0.2) is 4.99 Å². The van der Waals surface area contributed by atoms with Crippen molar-refractivity contribution < 1.29 is 22.7 Å². The summed E-state index contributed by atoms with van der Waals surface area (Å²) in [7, 11) is 1.73. The summed E-state index contributed by atoms with van der Waals surface area (Å²) in [6.45, 7) is 8.18. The Bertz CT molecular complexity index is 772. The van der Waals surface area contributed by atoms with Gasteiger partial charge in [-0.05, 0) is 51.8 Å². The number of amides is 1. The van der Waals surface area contributed by atoms with E-state index in [-0.39, 0.29) is 29.8 Å². The molecule has 1 fully saturated rings. The van der Waals surface area contributed by atoms with Crippen LogP contribution < -0.4 is 15.4 Å². The highest BCUT2D eigenvalue weighted by atomic mass is 19.4. The van der Waals surface area contributed by atoms with E-state index in [9.17, 15) is 18.0 Å². The Morgan fingerprint density at radius 1 is 1.30 bits per heavy atom. The number of hydrogen-bond donors (Lipinski definition) is 2. The first-order valence-electron chi connectivity index (χ1n) is 10.1. The van der Waals surface area contributed by atoms with Gasteiger partial charge in [0.2, 0.25) is 5.91 Å². The van der Waals surface area contributed by atoms with E-state index in [1.165, 1.54) is 12.1 Å². The van der Waals surface area contributed by atoms with Gasteiger partial charge in [-0.3, -0.25) is 4.79 Å². The van der Waals surface area contributed by atoms with Crippen molar-refractivity contribution in [3.05, 3.63) is 29.3 Å². The molecular formula is C21H31F3N4O2. The van der Waals surface area contributed by atoms with Crippen molar-refractivity contribution in [2.75, 3.05) is 20.1 Å². The van der Waals surface area contributed by atoms with Gasteiger partial charge in [0, 0.05) is 32.6 Å². The van der Waals surface area contributed by atoms with E-state index in [2.05, 4.69) is 15.6 Å². The fraction of sp³-hybridized carbons (Fsp3) is 0.619. The third-order valence-corrected chi connectivity index (χ3v) is 4.53. The van der Waals surface area contributed by atoms with Gasteiger partial charge in [-0.15, -0.1) is 0 Å². The number of rotatable bonds is 5. The lowest BCUT2D eigenvalue weighted by molar-refractivity contribution is -0.138. The topological polar surface area (TPSA) is 66.0 Å². The van der Waals surface area contributed by atoms with E-state index in [1.807, 2.05) is 6.92 Å². The van der Waals surface area contributed by atoms with Crippen LogP contribution in [-0.4, -0.2) is 48.5 Å². The molecule has 6 nitrogen and oxygen atoms in total. The number of nitrogens with zero attached hydrogens (tertiary/aromatic N) is 2. The van der Waals surface area contributed by atoms with Gasteiger partial charge in [0.1, 0.15) is 11.4 Å². The van der Waals surface area contributed by atoms with Crippen molar-refractivity contribution in [3.8, 4) is 5.75 Å². The van der Waals surface area contributed by atoms with Gasteiger partial charge < -0.3 is 20.3 Å². The minimum Gasteiger partial charge on any atom is -0.488 e. The highest BCUT2D eigenvalue weighted by Gasteiger charge is 2.34. The Kier molecular flexibility index (Phi) is 7.60. The van der Waals surface area contributed by atoms with Crippen LogP contribution in [0.25, 0.3) is 0 Å². The van der Waals surface area contributed by atoms with E-state index in [4.69, 9.17) is 4.74 Å². The van der Waals surface area contributed by atoms with Gasteiger partial charge in [0.25, 0.3) is 0 Å². The monoisotopic (exact) mass is 428 g/mol. The van der Waals surface area contributed by atoms with E-state index < -0.39 is 17.3 Å². The Labute approximate surface area is 175 Å². The Hall–Kier alpha value is -2.45. The Balaban J connectivity index is 2.20. The third-order valence-electron chi connectivity index (χ3n) is 4.53. The first kappa shape index (κ1) is 23.8. The van der Waals surface area contributed by atoms with Crippen LogP contribution in [0, 0.1) is 0 Å². The molecule has 1 aromatic rings. The second-order valence-electron chi connectivity index (χ2n) is 8.38. The maximum absolute atomic E-state index is 13.6. The van der Waals surface area contributed by atoms with Crippen LogP contribution in [0.3, 0.4) is 0 Å². The number of guanidine groups is 1. The van der Waals surface area contributed by atoms with Crippen LogP contribution in [-0.2, 0) is 17.5 Å². The molecule has 0 bridgehead atoms. The van der Waals surface area contributed by atoms with Crippen LogP contribution in [0.1, 0.15) is 51.7 Å². The van der Waals surface area contributed by atoms with Gasteiger partial charge in [-0.2, -0.15) is 13.2 Å². The smallest absolute Gasteiger partial charge is 0.416 e. The molecule has 1 aliphatic rings. The number of benzene rings is 1. The predicted molar refractivity (Wildman–Crippen MR) is 110 cm³/mol. The summed E-state index contributed by atoms with van der Waals surface area (Å²) >= 11 is 0. The normalized spacial score (nSPS) is 18.4. The van der Waals surface area contributed by atoms with Crippen molar-refractivity contribution in [2.24, 2.45) is 4.99 Å². The second-order valence-corrected chi connectivity index (χ2v) is 8.38. The number of ether oxygens (including phenoxy) is 1. The molecule has 2 N–H and O–H groups in total. The summed E-state index contributed by atoms with van der Waals surface area (Å²) in [4.78, 5) is 17.6. The molecule has 1 aliphatic heterocycles. The van der Waals surface area contributed by atoms with Gasteiger partial charge in [-0.1, -0.05) is 6.07 Å². The molecular weight excluding hydrogens is 397 g/mol. The number of likely N-dealkylation sites (tertiary alicyclic amines) is 1. The molecule has 0 radical (unpaired) electrons. The first-order chi connectivity index (χ1) is 13.9. The fourth-order valence-corrected chi connectivity index (χ4v) is 3.18. The van der Waals surface area contributed by atoms with Crippen LogP contribution >= 0.6 is 0 Å². The summed E-state index contributed by atoms with van der Waals surface area (Å²) in [5.41, 5.74) is -1.29. The van der Waals surface area contributed by atoms with Crippen LogP contribution in [0.2, 0.25) is 0 Å². The Morgan fingerprint density at radius 2 is 2.00 bits per heavy atom. The number of hydrogen-bond acceptors (Lipinski definition) is 3. The molecule has 1 amide bonds. The maximum atomic E-state index is 13.6. The van der Waals surface area contributed by atoms with E-state index >= 15 is 0 Å². The number of piperidine rings is 1. The average Bonchev–Trinajstić information content (AvgIpc) is 2.61. The average molecular weight is 428 g/mol. The predicted octanol–water partition coefficient (Wildman–Crippen LogP) is 3.56. The summed E-state index contributed by atoms with van der Waals surface area (Å²) in [6, 6.07) is 3.96. The molecule has 1 heterocycles. The number of alkyl halides is 3. The van der Waals surface area contributed by atoms with Crippen molar-refractivity contribution in [1.29, 1.82) is 0 Å². The SMILES string of the molecule is CCNC(=NCc1ccc(OC(C)(C)C)cc1C(F)(F)F)NC1CCC(=O)N(C)C1. The standard InChI is InChI=1S/C21H31F3N4O2/c1-6-25-19(27-15-8-10-18(29)28(5)13-15)26-12-14-7-9-16(30-20(2,3)4)11-17(14)21(22,23)24/h7,9,11,15H,6,8,10,12-13H2,1-5H3,(H2,25,26,27). The molecule has 0 spiro atoms. The molecule has 168 valence electrons. The lowest BCUT2D eigenvalue weighted by Gasteiger charge is -2.31. The molecule has 9 heteroatoms. The number of likely N-dealkylation sites (N-methyl/N-ethyl adjacent to an activating group) is 1. The van der Waals surface area contributed by atoms with Crippen molar-refractivity contribution in [2.45, 2.75) is 64.9 Å². The maximum Gasteiger partial charge on any atom is 0.416 e. The Morgan fingerprint density at radius 3 is 2.57 bits per heavy atom.